The summed E-state index contributed by atoms with van der Waals surface area (Å²) in [4.78, 5) is 0. The molecule has 0 aliphatic heterocycles. The third kappa shape index (κ3) is 5.01. The molecule has 0 amide bonds. The largest absolute Gasteiger partial charge is 0.494 e. The molecule has 5 heteroatoms. The second-order valence-corrected chi connectivity index (χ2v) is 6.02. The van der Waals surface area contributed by atoms with Crippen LogP contribution in [-0.4, -0.2) is 24.2 Å². The van der Waals surface area contributed by atoms with Crippen molar-refractivity contribution in [2.45, 2.75) is 38.0 Å². The molecular formula is C14H23FN2OS. The number of hydrazine groups is 1. The van der Waals surface area contributed by atoms with Crippen LogP contribution in [0.3, 0.4) is 0 Å². The summed E-state index contributed by atoms with van der Waals surface area (Å²) in [5, 5.41) is 0.589. The summed E-state index contributed by atoms with van der Waals surface area (Å²) in [6.07, 6.45) is 1.68. The van der Waals surface area contributed by atoms with Crippen molar-refractivity contribution >= 4 is 11.8 Å². The van der Waals surface area contributed by atoms with Crippen molar-refractivity contribution in [1.82, 2.24) is 5.43 Å². The van der Waals surface area contributed by atoms with Crippen LogP contribution in [0, 0.1) is 5.82 Å². The lowest BCUT2D eigenvalue weighted by atomic mass is 10.1. The van der Waals surface area contributed by atoms with Crippen LogP contribution in [0.2, 0.25) is 0 Å². The molecule has 2 unspecified atom stereocenters. The molecule has 0 saturated carbocycles. The highest BCUT2D eigenvalue weighted by Gasteiger charge is 2.15. The molecule has 1 rings (SSSR count). The molecule has 0 aromatic heterocycles. The molecule has 3 N–H and O–H groups in total. The van der Waals surface area contributed by atoms with Gasteiger partial charge in [-0.25, -0.2) is 4.39 Å². The lowest BCUT2D eigenvalue weighted by molar-refractivity contribution is 0.383. The summed E-state index contributed by atoms with van der Waals surface area (Å²) < 4.78 is 19.0. The van der Waals surface area contributed by atoms with Crippen LogP contribution in [0.5, 0.6) is 5.75 Å². The summed E-state index contributed by atoms with van der Waals surface area (Å²) in [6, 6.07) is 5.25. The second kappa shape index (κ2) is 8.40. The van der Waals surface area contributed by atoms with E-state index in [0.717, 1.165) is 12.2 Å². The molecule has 0 spiro atoms. The minimum atomic E-state index is -0.293. The molecule has 0 heterocycles. The Bertz CT molecular complexity index is 390. The topological polar surface area (TPSA) is 47.3 Å². The summed E-state index contributed by atoms with van der Waals surface area (Å²) in [6.45, 7) is 4.34. The van der Waals surface area contributed by atoms with Crippen molar-refractivity contribution in [2.75, 3.05) is 12.9 Å². The highest BCUT2D eigenvalue weighted by molar-refractivity contribution is 7.99. The molecule has 3 nitrogen and oxygen atoms in total. The van der Waals surface area contributed by atoms with E-state index in [4.69, 9.17) is 10.6 Å². The Morgan fingerprint density at radius 3 is 2.79 bits per heavy atom. The van der Waals surface area contributed by atoms with E-state index in [2.05, 4.69) is 19.3 Å². The second-order valence-electron chi connectivity index (χ2n) is 4.55. The van der Waals surface area contributed by atoms with Gasteiger partial charge in [0, 0.05) is 17.0 Å². The lowest BCUT2D eigenvalue weighted by Gasteiger charge is -2.18. The van der Waals surface area contributed by atoms with Gasteiger partial charge in [-0.1, -0.05) is 26.0 Å². The number of benzene rings is 1. The number of hydrogen-bond donors (Lipinski definition) is 2. The summed E-state index contributed by atoms with van der Waals surface area (Å²) in [5.41, 5.74) is 3.40. The van der Waals surface area contributed by atoms with Crippen molar-refractivity contribution in [1.29, 1.82) is 0 Å². The van der Waals surface area contributed by atoms with Gasteiger partial charge in [-0.2, -0.15) is 11.8 Å². The summed E-state index contributed by atoms with van der Waals surface area (Å²) in [7, 11) is 1.47. The third-order valence-electron chi connectivity index (χ3n) is 3.12. The van der Waals surface area contributed by atoms with Crippen LogP contribution in [0.1, 0.15) is 25.8 Å². The molecule has 0 radical (unpaired) electrons. The van der Waals surface area contributed by atoms with E-state index < -0.39 is 0 Å². The molecule has 1 aromatic rings. The minimum absolute atomic E-state index is 0.0561. The monoisotopic (exact) mass is 286 g/mol. The number of methoxy groups -OCH3 is 1. The van der Waals surface area contributed by atoms with Gasteiger partial charge in [-0.05, 0) is 24.5 Å². The number of thioether (sulfide) groups is 1. The molecule has 0 fully saturated rings. The van der Waals surface area contributed by atoms with Gasteiger partial charge >= 0.3 is 0 Å². The Kier molecular flexibility index (Phi) is 7.20. The van der Waals surface area contributed by atoms with Crippen LogP contribution in [0.4, 0.5) is 4.39 Å². The van der Waals surface area contributed by atoms with E-state index in [1.54, 1.807) is 18.2 Å². The molecule has 0 saturated heterocycles. The average molecular weight is 286 g/mol. The number of nitrogens with one attached hydrogen (secondary N) is 1. The van der Waals surface area contributed by atoms with Crippen molar-refractivity contribution in [3.8, 4) is 5.75 Å². The first-order chi connectivity index (χ1) is 9.12. The number of hydrogen-bond acceptors (Lipinski definition) is 4. The van der Waals surface area contributed by atoms with Gasteiger partial charge in [0.05, 0.1) is 7.11 Å². The highest BCUT2D eigenvalue weighted by atomic mass is 32.2. The maximum absolute atomic E-state index is 14.0. The molecule has 0 aliphatic carbocycles. The SMILES string of the molecule is CCC(C)SCC(Cc1cccc(OC)c1F)NN. The van der Waals surface area contributed by atoms with Gasteiger partial charge < -0.3 is 4.74 Å². The molecule has 1 aromatic carbocycles. The molecule has 19 heavy (non-hydrogen) atoms. The standard InChI is InChI=1S/C14H23FN2OS/c1-4-10(2)19-9-12(17-16)8-11-6-5-7-13(18-3)14(11)15/h5-7,10,12,17H,4,8-9,16H2,1-3H3. The van der Waals surface area contributed by atoms with Gasteiger partial charge in [0.25, 0.3) is 0 Å². The summed E-state index contributed by atoms with van der Waals surface area (Å²) in [5.74, 6) is 6.40. The molecular weight excluding hydrogens is 263 g/mol. The quantitative estimate of drug-likeness (QED) is 0.570. The Morgan fingerprint density at radius 2 is 2.21 bits per heavy atom. The molecule has 2 atom stereocenters. The first-order valence-electron chi connectivity index (χ1n) is 6.51. The predicted molar refractivity (Wildman–Crippen MR) is 80.0 cm³/mol. The van der Waals surface area contributed by atoms with E-state index in [-0.39, 0.29) is 17.6 Å². The fourth-order valence-corrected chi connectivity index (χ4v) is 2.71. The zero-order valence-corrected chi connectivity index (χ0v) is 12.6. The van der Waals surface area contributed by atoms with E-state index in [1.807, 2.05) is 11.8 Å². The lowest BCUT2D eigenvalue weighted by Crippen LogP contribution is -2.39. The van der Waals surface area contributed by atoms with Crippen molar-refractivity contribution in [3.05, 3.63) is 29.6 Å². The van der Waals surface area contributed by atoms with Gasteiger partial charge in [0.2, 0.25) is 0 Å². The summed E-state index contributed by atoms with van der Waals surface area (Å²) >= 11 is 1.85. The zero-order chi connectivity index (χ0) is 14.3. The Hall–Kier alpha value is -0.780. The number of ether oxygens (including phenoxy) is 1. The Morgan fingerprint density at radius 1 is 1.47 bits per heavy atom. The normalized spacial score (nSPS) is 14.2. The van der Waals surface area contributed by atoms with Crippen LogP contribution in [0.15, 0.2) is 18.2 Å². The van der Waals surface area contributed by atoms with E-state index in [9.17, 15) is 4.39 Å². The molecule has 0 bridgehead atoms. The van der Waals surface area contributed by atoms with E-state index >= 15 is 0 Å². The number of rotatable bonds is 8. The average Bonchev–Trinajstić information content (AvgIpc) is 2.44. The number of halogens is 1. The van der Waals surface area contributed by atoms with Crippen LogP contribution in [0.25, 0.3) is 0 Å². The predicted octanol–water partition coefficient (Wildman–Crippen LogP) is 2.74. The Labute approximate surface area is 119 Å². The zero-order valence-electron chi connectivity index (χ0n) is 11.8. The van der Waals surface area contributed by atoms with Crippen LogP contribution in [-0.2, 0) is 6.42 Å². The number of nitrogens with two attached hydrogens (primary N) is 1. The molecule has 0 aliphatic rings. The van der Waals surface area contributed by atoms with E-state index in [1.165, 1.54) is 7.11 Å². The van der Waals surface area contributed by atoms with Crippen molar-refractivity contribution < 1.29 is 9.13 Å². The first kappa shape index (κ1) is 16.3. The molecule has 108 valence electrons. The van der Waals surface area contributed by atoms with Gasteiger partial charge in [0.1, 0.15) is 0 Å². The first-order valence-corrected chi connectivity index (χ1v) is 7.56. The smallest absolute Gasteiger partial charge is 0.168 e. The van der Waals surface area contributed by atoms with Crippen LogP contribution < -0.4 is 16.0 Å². The maximum Gasteiger partial charge on any atom is 0.168 e. The third-order valence-corrected chi connectivity index (χ3v) is 4.62. The van der Waals surface area contributed by atoms with Gasteiger partial charge in [-0.3, -0.25) is 11.3 Å². The van der Waals surface area contributed by atoms with Crippen molar-refractivity contribution in [2.24, 2.45) is 5.84 Å². The Balaban J connectivity index is 2.65. The maximum atomic E-state index is 14.0. The fraction of sp³-hybridized carbons (Fsp3) is 0.571. The van der Waals surface area contributed by atoms with Gasteiger partial charge in [0.15, 0.2) is 11.6 Å². The fourth-order valence-electron chi connectivity index (χ4n) is 1.70. The van der Waals surface area contributed by atoms with Gasteiger partial charge in [-0.15, -0.1) is 0 Å². The minimum Gasteiger partial charge on any atom is -0.494 e. The van der Waals surface area contributed by atoms with Crippen molar-refractivity contribution in [3.63, 3.8) is 0 Å². The van der Waals surface area contributed by atoms with Crippen LogP contribution >= 0.6 is 11.8 Å². The van der Waals surface area contributed by atoms with E-state index in [0.29, 0.717) is 17.2 Å². The highest BCUT2D eigenvalue weighted by Crippen LogP contribution is 2.22.